The van der Waals surface area contributed by atoms with Gasteiger partial charge in [-0.15, -0.1) is 5.10 Å². The average Bonchev–Trinajstić information content (AvgIpc) is 3.18. The van der Waals surface area contributed by atoms with Gasteiger partial charge in [-0.3, -0.25) is 19.6 Å². The summed E-state index contributed by atoms with van der Waals surface area (Å²) in [5.74, 6) is 0.273. The van der Waals surface area contributed by atoms with Gasteiger partial charge in [0.2, 0.25) is 5.91 Å². The highest BCUT2D eigenvalue weighted by Crippen LogP contribution is 2.25. The highest BCUT2D eigenvalue weighted by atomic mass is 32.1. The number of likely N-dealkylation sites (tertiary alicyclic amines) is 2. The van der Waals surface area contributed by atoms with Crippen LogP contribution in [-0.4, -0.2) is 62.5 Å². The molecule has 2 aromatic heterocycles. The fourth-order valence-corrected chi connectivity index (χ4v) is 5.04. The molecule has 0 bridgehead atoms. The predicted octanol–water partition coefficient (Wildman–Crippen LogP) is 2.23. The number of hydrogen-bond acceptors (Lipinski definition) is 7. The van der Waals surface area contributed by atoms with Crippen molar-refractivity contribution < 1.29 is 4.79 Å². The molecule has 1 amide bonds. The molecular weight excluding hydrogens is 384 g/mol. The number of nitrogens with one attached hydrogen (secondary N) is 1. The van der Waals surface area contributed by atoms with Crippen LogP contribution in [-0.2, 0) is 17.9 Å². The molecule has 2 aliphatic heterocycles. The van der Waals surface area contributed by atoms with Crippen molar-refractivity contribution in [3.8, 4) is 0 Å². The minimum atomic E-state index is 0.0957. The van der Waals surface area contributed by atoms with E-state index in [-0.39, 0.29) is 11.8 Å². The average molecular weight is 415 g/mol. The third-order valence-electron chi connectivity index (χ3n) is 6.19. The fourth-order valence-electron chi connectivity index (χ4n) is 4.47. The van der Waals surface area contributed by atoms with Gasteiger partial charge in [-0.2, -0.15) is 0 Å². The molecule has 1 N–H and O–H groups in total. The highest BCUT2D eigenvalue weighted by Gasteiger charge is 2.31. The Labute approximate surface area is 176 Å². The maximum Gasteiger partial charge on any atom is 0.224 e. The van der Waals surface area contributed by atoms with Crippen molar-refractivity contribution in [3.63, 3.8) is 0 Å². The van der Waals surface area contributed by atoms with Crippen LogP contribution in [0.3, 0.4) is 0 Å². The second-order valence-electron chi connectivity index (χ2n) is 8.20. The third kappa shape index (κ3) is 5.38. The van der Waals surface area contributed by atoms with Gasteiger partial charge in [-0.05, 0) is 75.4 Å². The molecule has 156 valence electrons. The highest BCUT2D eigenvalue weighted by molar-refractivity contribution is 7.05. The van der Waals surface area contributed by atoms with E-state index in [2.05, 4.69) is 35.8 Å². The largest absolute Gasteiger partial charge is 0.351 e. The Morgan fingerprint density at radius 3 is 2.86 bits per heavy atom. The first-order chi connectivity index (χ1) is 14.2. The Bertz CT molecular complexity index is 789. The molecule has 1 atom stereocenters. The van der Waals surface area contributed by atoms with Crippen LogP contribution in [0.4, 0.5) is 0 Å². The summed E-state index contributed by atoms with van der Waals surface area (Å²) < 4.78 is 3.94. The Kier molecular flexibility index (Phi) is 6.84. The molecule has 2 aromatic rings. The number of aryl methyl sites for hydroxylation is 1. The van der Waals surface area contributed by atoms with Crippen molar-refractivity contribution in [2.45, 2.75) is 51.7 Å². The lowest BCUT2D eigenvalue weighted by molar-refractivity contribution is -0.127. The zero-order valence-electron chi connectivity index (χ0n) is 17.1. The number of piperidine rings is 2. The van der Waals surface area contributed by atoms with Crippen LogP contribution in [0, 0.1) is 12.8 Å². The number of hydrogen-bond donors (Lipinski definition) is 1. The van der Waals surface area contributed by atoms with Crippen LogP contribution in [0.1, 0.15) is 41.8 Å². The van der Waals surface area contributed by atoms with E-state index in [9.17, 15) is 4.79 Å². The van der Waals surface area contributed by atoms with Crippen LogP contribution >= 0.6 is 11.5 Å². The Balaban J connectivity index is 1.23. The normalized spacial score (nSPS) is 21.9. The molecule has 7 nitrogen and oxygen atoms in total. The quantitative estimate of drug-likeness (QED) is 0.781. The number of rotatable bonds is 6. The van der Waals surface area contributed by atoms with Gasteiger partial charge < -0.3 is 5.32 Å². The summed E-state index contributed by atoms with van der Waals surface area (Å²) in [5.41, 5.74) is 2.20. The van der Waals surface area contributed by atoms with Gasteiger partial charge in [0.05, 0.1) is 23.0 Å². The van der Waals surface area contributed by atoms with Gasteiger partial charge >= 0.3 is 0 Å². The van der Waals surface area contributed by atoms with E-state index in [1.54, 1.807) is 0 Å². The minimum absolute atomic E-state index is 0.0957. The molecule has 29 heavy (non-hydrogen) atoms. The zero-order chi connectivity index (χ0) is 20.1. The molecule has 2 saturated heterocycles. The molecule has 0 aromatic carbocycles. The van der Waals surface area contributed by atoms with E-state index in [0.717, 1.165) is 56.1 Å². The van der Waals surface area contributed by atoms with E-state index in [1.807, 2.05) is 25.4 Å². The second-order valence-corrected chi connectivity index (χ2v) is 9.04. The number of aromatic nitrogens is 3. The first-order valence-corrected chi connectivity index (χ1v) is 11.4. The number of carbonyl (C=O) groups excluding carboxylic acids is 1. The fraction of sp³-hybridized carbons (Fsp3) is 0.619. The number of nitrogens with zero attached hydrogens (tertiary/aromatic N) is 5. The van der Waals surface area contributed by atoms with E-state index >= 15 is 0 Å². The summed E-state index contributed by atoms with van der Waals surface area (Å²) in [6.07, 6.45) is 8.25. The molecule has 0 saturated carbocycles. The van der Waals surface area contributed by atoms with Gasteiger partial charge in [-0.25, -0.2) is 0 Å². The van der Waals surface area contributed by atoms with E-state index in [4.69, 9.17) is 0 Å². The Morgan fingerprint density at radius 2 is 2.14 bits per heavy atom. The van der Waals surface area contributed by atoms with Gasteiger partial charge in [0.1, 0.15) is 0 Å². The van der Waals surface area contributed by atoms with Crippen LogP contribution in [0.15, 0.2) is 24.5 Å². The maximum atomic E-state index is 12.7. The summed E-state index contributed by atoms with van der Waals surface area (Å²) in [6, 6.07) is 4.76. The smallest absolute Gasteiger partial charge is 0.224 e. The Hall–Kier alpha value is -1.90. The molecular formula is C21H30N6OS. The van der Waals surface area contributed by atoms with Crippen LogP contribution in [0.5, 0.6) is 0 Å². The molecule has 0 aliphatic carbocycles. The minimum Gasteiger partial charge on any atom is -0.351 e. The summed E-state index contributed by atoms with van der Waals surface area (Å²) >= 11 is 1.37. The maximum absolute atomic E-state index is 12.7. The first-order valence-electron chi connectivity index (χ1n) is 10.6. The molecule has 8 heteroatoms. The van der Waals surface area contributed by atoms with Crippen molar-refractivity contribution in [3.05, 3.63) is 40.7 Å². The molecule has 4 heterocycles. The Morgan fingerprint density at radius 1 is 1.28 bits per heavy atom. The van der Waals surface area contributed by atoms with Crippen molar-refractivity contribution >= 4 is 17.4 Å². The lowest BCUT2D eigenvalue weighted by Crippen LogP contribution is -2.50. The van der Waals surface area contributed by atoms with Gasteiger partial charge in [-0.1, -0.05) is 10.6 Å². The van der Waals surface area contributed by atoms with Crippen LogP contribution < -0.4 is 5.32 Å². The summed E-state index contributed by atoms with van der Waals surface area (Å²) in [4.78, 5) is 23.1. The molecule has 2 aliphatic rings. The van der Waals surface area contributed by atoms with E-state index < -0.39 is 0 Å². The van der Waals surface area contributed by atoms with Crippen molar-refractivity contribution in [1.29, 1.82) is 0 Å². The van der Waals surface area contributed by atoms with Crippen LogP contribution in [0.25, 0.3) is 0 Å². The number of carbonyl (C=O) groups is 1. The molecule has 2 fully saturated rings. The van der Waals surface area contributed by atoms with Crippen molar-refractivity contribution in [2.24, 2.45) is 5.92 Å². The molecule has 0 spiro atoms. The zero-order valence-corrected chi connectivity index (χ0v) is 17.9. The molecule has 0 radical (unpaired) electrons. The van der Waals surface area contributed by atoms with E-state index in [1.165, 1.54) is 29.9 Å². The topological polar surface area (TPSA) is 74.2 Å². The SMILES string of the molecule is Cc1nnsc1CNC(=O)[C@@H]1CCCN(C2CCN(Cc3cccnc3)CC2)C1. The monoisotopic (exact) mass is 414 g/mol. The first kappa shape index (κ1) is 20.4. The predicted molar refractivity (Wildman–Crippen MR) is 113 cm³/mol. The van der Waals surface area contributed by atoms with Gasteiger partial charge in [0, 0.05) is 31.5 Å². The lowest BCUT2D eigenvalue weighted by atomic mass is 9.93. The van der Waals surface area contributed by atoms with Gasteiger partial charge in [0.25, 0.3) is 0 Å². The van der Waals surface area contributed by atoms with E-state index in [0.29, 0.717) is 12.6 Å². The lowest BCUT2D eigenvalue weighted by Gasteiger charge is -2.42. The molecule has 4 rings (SSSR count). The van der Waals surface area contributed by atoms with Crippen molar-refractivity contribution in [2.75, 3.05) is 26.2 Å². The summed E-state index contributed by atoms with van der Waals surface area (Å²) in [6.45, 7) is 7.71. The van der Waals surface area contributed by atoms with Crippen LogP contribution in [0.2, 0.25) is 0 Å². The van der Waals surface area contributed by atoms with Gasteiger partial charge in [0.15, 0.2) is 0 Å². The van der Waals surface area contributed by atoms with Crippen molar-refractivity contribution in [1.82, 2.24) is 29.7 Å². The second kappa shape index (κ2) is 9.73. The summed E-state index contributed by atoms with van der Waals surface area (Å²) in [5, 5.41) is 7.12. The summed E-state index contributed by atoms with van der Waals surface area (Å²) in [7, 11) is 0. The standard InChI is InChI=1S/C21H30N6OS/c1-16-20(29-25-24-16)13-23-21(28)18-5-3-9-27(15-18)19-6-10-26(11-7-19)14-17-4-2-8-22-12-17/h2,4,8,12,18-19H,3,5-7,9-11,13-15H2,1H3,(H,23,28)/t18-/m1/s1. The molecule has 0 unspecified atom stereocenters. The third-order valence-corrected chi connectivity index (χ3v) is 7.02. The number of pyridine rings is 1. The number of amides is 1.